The van der Waals surface area contributed by atoms with Crippen LogP contribution in [0.2, 0.25) is 0 Å². The number of likely N-dealkylation sites (tertiary alicyclic amines) is 3. The van der Waals surface area contributed by atoms with E-state index in [1.165, 1.54) is 4.90 Å². The van der Waals surface area contributed by atoms with Crippen molar-refractivity contribution in [1.82, 2.24) is 14.7 Å². The van der Waals surface area contributed by atoms with Crippen LogP contribution in [0.5, 0.6) is 17.2 Å². The predicted octanol–water partition coefficient (Wildman–Crippen LogP) is 4.73. The van der Waals surface area contributed by atoms with Crippen LogP contribution in [-0.4, -0.2) is 92.3 Å². The molecule has 1 unspecified atom stereocenters. The first kappa shape index (κ1) is 69.0. The van der Waals surface area contributed by atoms with E-state index >= 15 is 0 Å². The zero-order valence-corrected chi connectivity index (χ0v) is 55.7. The fraction of sp³-hybridized carbons (Fsp3) is 0.419. The summed E-state index contributed by atoms with van der Waals surface area (Å²) in [6, 6.07) is 31.9. The van der Waals surface area contributed by atoms with Crippen molar-refractivity contribution in [1.29, 1.82) is 0 Å². The molecule has 446 valence electrons. The second-order valence-corrected chi connectivity index (χ2v) is 25.7. The van der Waals surface area contributed by atoms with E-state index in [0.717, 1.165) is 23.1 Å². The van der Waals surface area contributed by atoms with Gasteiger partial charge in [-0.15, -0.1) is 0 Å². The molecule has 6 aliphatic rings. The predicted molar refractivity (Wildman–Crippen MR) is 307 cm³/mol. The summed E-state index contributed by atoms with van der Waals surface area (Å²) >= 11 is 0. The SMILES string of the molecule is [C-]#[N+]c1ccc2c(c1)C(N1CCCC1=O)[C@@H](OP(=O)([O-])[O-])C(C)(C)O2.[C-]#[N+]c1ccc2c(c1)[C@H](N1CCCC1=O)[C@@H](O)C(C)(C)O2.[C-]#[N+]c1ccc2c(c1)[C@H](N1CCCC1=O)[C@@H](OP(=O)(OCc1ccccc1)OCc1ccccc1)C(C)(C)O2.[Na+].[Na+]. The summed E-state index contributed by atoms with van der Waals surface area (Å²) in [5, 5.41) is 10.7. The monoisotopic (exact) mass is 1240 g/mol. The van der Waals surface area contributed by atoms with Gasteiger partial charge in [0.25, 0.3) is 0 Å². The Labute approximate surface area is 551 Å². The van der Waals surface area contributed by atoms with Gasteiger partial charge in [-0.1, -0.05) is 78.9 Å². The van der Waals surface area contributed by atoms with Crippen molar-refractivity contribution in [3.8, 4) is 17.2 Å². The summed E-state index contributed by atoms with van der Waals surface area (Å²) < 4.78 is 66.7. The third-order valence-corrected chi connectivity index (χ3v) is 17.5. The summed E-state index contributed by atoms with van der Waals surface area (Å²) in [6.07, 6.45) is 0.469. The van der Waals surface area contributed by atoms with Crippen LogP contribution < -0.4 is 83.1 Å². The van der Waals surface area contributed by atoms with Gasteiger partial charge < -0.3 is 52.9 Å². The molecule has 6 atom stereocenters. The molecule has 0 saturated carbocycles. The Balaban J connectivity index is 0.000000195. The van der Waals surface area contributed by atoms with Crippen LogP contribution >= 0.6 is 15.6 Å². The van der Waals surface area contributed by atoms with Gasteiger partial charge >= 0.3 is 66.9 Å². The van der Waals surface area contributed by atoms with Crippen LogP contribution in [0.15, 0.2) is 115 Å². The van der Waals surface area contributed by atoms with E-state index in [-0.39, 0.29) is 90.0 Å². The smallest absolute Gasteiger partial charge is 0.790 e. The summed E-state index contributed by atoms with van der Waals surface area (Å²) in [6.45, 7) is 33.9. The average Bonchev–Trinajstić information content (AvgIpc) is 1.75. The largest absolute Gasteiger partial charge is 1.00 e. The van der Waals surface area contributed by atoms with Crippen molar-refractivity contribution in [3.05, 3.63) is 177 Å². The van der Waals surface area contributed by atoms with E-state index in [9.17, 15) is 38.4 Å². The topological polar surface area (TPSA) is 239 Å². The zero-order valence-electron chi connectivity index (χ0n) is 50.0. The summed E-state index contributed by atoms with van der Waals surface area (Å²) in [5.74, 6) is 1.51. The van der Waals surface area contributed by atoms with Crippen LogP contribution in [0.1, 0.15) is 126 Å². The van der Waals surface area contributed by atoms with Crippen molar-refractivity contribution in [2.24, 2.45) is 0 Å². The van der Waals surface area contributed by atoms with Gasteiger partial charge in [0.15, 0.2) is 17.1 Å². The molecular formula is C62H66N6Na2O15P2. The quantitative estimate of drug-likeness (QED) is 0.0953. The first-order valence-corrected chi connectivity index (χ1v) is 30.8. The molecule has 3 amide bonds. The molecule has 21 nitrogen and oxygen atoms in total. The number of benzene rings is 5. The van der Waals surface area contributed by atoms with E-state index in [0.29, 0.717) is 97.2 Å². The van der Waals surface area contributed by atoms with Crippen molar-refractivity contribution in [2.45, 2.75) is 147 Å². The number of fused-ring (bicyclic) bond motifs is 3. The van der Waals surface area contributed by atoms with Crippen molar-refractivity contribution >= 4 is 50.4 Å². The first-order chi connectivity index (χ1) is 40.3. The molecule has 6 aliphatic heterocycles. The van der Waals surface area contributed by atoms with Crippen LogP contribution in [0.3, 0.4) is 0 Å². The number of aliphatic hydroxyl groups excluding tert-OH is 1. The Bertz CT molecular complexity index is 3510. The third kappa shape index (κ3) is 15.9. The number of nitrogens with zero attached hydrogens (tertiary/aromatic N) is 6. The van der Waals surface area contributed by atoms with Crippen LogP contribution in [0.4, 0.5) is 17.1 Å². The number of carbonyl (C=O) groups is 3. The van der Waals surface area contributed by atoms with Gasteiger partial charge in [-0.2, -0.15) is 0 Å². The van der Waals surface area contributed by atoms with Gasteiger partial charge in [-0.3, -0.25) is 28.0 Å². The molecule has 0 bridgehead atoms. The van der Waals surface area contributed by atoms with Gasteiger partial charge in [0.05, 0.1) is 58.9 Å². The summed E-state index contributed by atoms with van der Waals surface area (Å²) in [4.78, 5) is 75.4. The molecule has 87 heavy (non-hydrogen) atoms. The van der Waals surface area contributed by atoms with Crippen LogP contribution in [0, 0.1) is 19.7 Å². The molecule has 6 heterocycles. The van der Waals surface area contributed by atoms with Crippen molar-refractivity contribution in [2.75, 3.05) is 19.6 Å². The maximum Gasteiger partial charge on any atom is 1.00 e. The van der Waals surface area contributed by atoms with Gasteiger partial charge in [-0.05, 0) is 108 Å². The maximum absolute atomic E-state index is 14.3. The molecule has 25 heteroatoms. The minimum Gasteiger partial charge on any atom is -0.790 e. The number of rotatable bonds is 13. The number of carbonyl (C=O) groups excluding carboxylic acids is 3. The summed E-state index contributed by atoms with van der Waals surface area (Å²) in [7, 11) is -9.53. The van der Waals surface area contributed by atoms with E-state index in [4.69, 9.17) is 52.0 Å². The Morgan fingerprint density at radius 3 is 1.20 bits per heavy atom. The minimum absolute atomic E-state index is 0. The van der Waals surface area contributed by atoms with E-state index in [1.807, 2.05) is 88.4 Å². The zero-order chi connectivity index (χ0) is 61.1. The Hall–Kier alpha value is -5.44. The van der Waals surface area contributed by atoms with Crippen molar-refractivity contribution < 1.29 is 130 Å². The standard InChI is InChI=1S/C30H31N2O6P.C16H19N2O6P.C16H18N2O3.2Na/c1-30(2)29(28(32-18-10-15-27(32)33)25-19-24(31-3)16-17-26(25)37-30)38-39(34,35-20-22-11-6-4-7-12-22)36-21-23-13-8-5-9-14-23;1-16(2)15(24-25(20,21)22)14(18-8-4-5-13(18)19)11-9-10(17-3)6-7-12(11)23-16;1-16(2)15(20)14(18-8-4-5-13(18)19)11-9-10(17-3)6-7-12(11)21-16;;/h4-9,11-14,16-17,19,28-29H,10,15,18,20-21H2,1-2H3;6-7,9,14-15H,4-5,8H2,1-2H3,(H2,20,21,22);6-7,9,14-15,20H,4-5,8H2,1-2H3;;/q;;;2*+1/p-2/t28-,29+;14?,15-;14-,15+;;/m010../s1. The fourth-order valence-corrected chi connectivity index (χ4v) is 13.6. The van der Waals surface area contributed by atoms with Gasteiger partial charge in [0, 0.05) is 55.6 Å². The van der Waals surface area contributed by atoms with Gasteiger partial charge in [0.1, 0.15) is 52.4 Å². The molecule has 5 aromatic rings. The molecular weight excluding hydrogens is 1180 g/mol. The number of aliphatic hydroxyl groups is 1. The fourth-order valence-electron chi connectivity index (χ4n) is 11.5. The normalized spacial score (nSPS) is 22.8. The molecule has 0 aliphatic carbocycles. The molecule has 1 N–H and O–H groups in total. The first-order valence-electron chi connectivity index (χ1n) is 27.9. The molecule has 11 rings (SSSR count). The van der Waals surface area contributed by atoms with Crippen LogP contribution in [-0.2, 0) is 54.8 Å². The third-order valence-electron chi connectivity index (χ3n) is 15.7. The molecule has 0 aromatic heterocycles. The number of ether oxygens (including phenoxy) is 3. The number of phosphoric ester groups is 2. The number of phosphoric acid groups is 2. The van der Waals surface area contributed by atoms with E-state index in [1.54, 1.807) is 78.2 Å². The van der Waals surface area contributed by atoms with E-state index < -0.39 is 68.9 Å². The number of hydrogen-bond acceptors (Lipinski definition) is 15. The minimum atomic E-state index is -5.32. The molecule has 0 radical (unpaired) electrons. The molecule has 3 saturated heterocycles. The average molecular weight is 1240 g/mol. The van der Waals surface area contributed by atoms with Crippen molar-refractivity contribution in [3.63, 3.8) is 0 Å². The molecule has 3 fully saturated rings. The van der Waals surface area contributed by atoms with E-state index in [2.05, 4.69) is 14.5 Å². The molecule has 5 aromatic carbocycles. The molecule has 0 spiro atoms. The Morgan fingerprint density at radius 1 is 0.529 bits per heavy atom. The summed E-state index contributed by atoms with van der Waals surface area (Å²) in [5.41, 5.74) is 1.73. The van der Waals surface area contributed by atoms with Crippen LogP contribution in [0.25, 0.3) is 14.5 Å². The Morgan fingerprint density at radius 2 is 0.862 bits per heavy atom. The number of hydrogen-bond donors (Lipinski definition) is 1. The van der Waals surface area contributed by atoms with Gasteiger partial charge in [0.2, 0.25) is 17.7 Å². The Kier molecular flexibility index (Phi) is 22.7. The maximum atomic E-state index is 14.3. The van der Waals surface area contributed by atoms with Gasteiger partial charge in [-0.25, -0.2) is 19.1 Å². The second-order valence-electron chi connectivity index (χ2n) is 22.9. The number of amides is 3. The second kappa shape index (κ2) is 28.6.